The van der Waals surface area contributed by atoms with Gasteiger partial charge in [-0.1, -0.05) is 6.92 Å². The van der Waals surface area contributed by atoms with Crippen molar-refractivity contribution in [1.82, 2.24) is 10.3 Å². The first kappa shape index (κ1) is 15.7. The second-order valence-corrected chi connectivity index (χ2v) is 5.65. The van der Waals surface area contributed by atoms with E-state index in [1.807, 2.05) is 6.07 Å². The summed E-state index contributed by atoms with van der Waals surface area (Å²) in [5, 5.41) is 23.8. The van der Waals surface area contributed by atoms with Crippen LogP contribution in [-0.4, -0.2) is 39.9 Å². The fourth-order valence-corrected chi connectivity index (χ4v) is 2.63. The average Bonchev–Trinajstić information content (AvgIpc) is 3.15. The minimum Gasteiger partial charge on any atom is -0.462 e. The van der Waals surface area contributed by atoms with E-state index in [9.17, 15) is 15.0 Å². The van der Waals surface area contributed by atoms with Crippen LogP contribution in [0.3, 0.4) is 0 Å². The lowest BCUT2D eigenvalue weighted by molar-refractivity contribution is -0.123. The molecule has 0 bridgehead atoms. The van der Waals surface area contributed by atoms with Crippen LogP contribution in [0.1, 0.15) is 19.0 Å². The van der Waals surface area contributed by atoms with Gasteiger partial charge < -0.3 is 19.9 Å². The zero-order valence-corrected chi connectivity index (χ0v) is 12.5. The molecule has 21 heavy (non-hydrogen) atoms. The summed E-state index contributed by atoms with van der Waals surface area (Å²) in [5.41, 5.74) is -0.346. The topological polar surface area (TPSA) is 95.6 Å². The number of nitrogens with one attached hydrogen (secondary N) is 1. The molecular formula is C14H18N2O4S. The van der Waals surface area contributed by atoms with Gasteiger partial charge in [0.15, 0.2) is 10.8 Å². The van der Waals surface area contributed by atoms with Gasteiger partial charge in [-0.05, 0) is 18.6 Å². The fourth-order valence-electron chi connectivity index (χ4n) is 1.85. The molecule has 0 radical (unpaired) electrons. The third kappa shape index (κ3) is 3.69. The Morgan fingerprint density at radius 1 is 1.48 bits per heavy atom. The molecule has 2 rings (SSSR count). The van der Waals surface area contributed by atoms with Crippen LogP contribution in [0.15, 0.2) is 28.2 Å². The lowest BCUT2D eigenvalue weighted by Gasteiger charge is -2.29. The third-order valence-corrected chi connectivity index (χ3v) is 4.22. The summed E-state index contributed by atoms with van der Waals surface area (Å²) in [6, 6.07) is 3.59. The summed E-state index contributed by atoms with van der Waals surface area (Å²) >= 11 is 1.40. The Morgan fingerprint density at radius 2 is 2.24 bits per heavy atom. The van der Waals surface area contributed by atoms with Crippen molar-refractivity contribution in [1.29, 1.82) is 0 Å². The van der Waals surface area contributed by atoms with Crippen LogP contribution >= 0.6 is 11.3 Å². The lowest BCUT2D eigenvalue weighted by Crippen LogP contribution is -2.54. The highest BCUT2D eigenvalue weighted by atomic mass is 32.1. The average molecular weight is 310 g/mol. The van der Waals surface area contributed by atoms with Crippen molar-refractivity contribution in [3.05, 3.63) is 29.5 Å². The van der Waals surface area contributed by atoms with Crippen molar-refractivity contribution in [3.63, 3.8) is 0 Å². The van der Waals surface area contributed by atoms with E-state index in [-0.39, 0.29) is 25.5 Å². The van der Waals surface area contributed by atoms with Crippen LogP contribution in [-0.2, 0) is 11.2 Å². The minimum absolute atomic E-state index is 0.0962. The van der Waals surface area contributed by atoms with Crippen molar-refractivity contribution in [2.24, 2.45) is 0 Å². The summed E-state index contributed by atoms with van der Waals surface area (Å²) in [5.74, 6) is 0.386. The molecule has 0 saturated carbocycles. The molecule has 0 aliphatic carbocycles. The number of carbonyl (C=O) groups is 1. The number of aliphatic hydroxyl groups is 2. The molecule has 2 aromatic rings. The standard InChI is InChI=1S/C14H18N2O4S/c1-2-14(8-17,9-18)16-12(19)6-10-7-21-13(15-10)11-4-3-5-20-11/h3-5,7,17-18H,2,6,8-9H2,1H3,(H,16,19). The quantitative estimate of drug-likeness (QED) is 0.714. The van der Waals surface area contributed by atoms with Crippen LogP contribution in [0, 0.1) is 0 Å². The first-order chi connectivity index (χ1) is 10.1. The van der Waals surface area contributed by atoms with E-state index >= 15 is 0 Å². The van der Waals surface area contributed by atoms with Gasteiger partial charge in [0.05, 0.1) is 37.1 Å². The second-order valence-electron chi connectivity index (χ2n) is 4.80. The zero-order valence-electron chi connectivity index (χ0n) is 11.7. The number of aliphatic hydroxyl groups excluding tert-OH is 2. The summed E-state index contributed by atoms with van der Waals surface area (Å²) in [7, 11) is 0. The van der Waals surface area contributed by atoms with E-state index in [2.05, 4.69) is 10.3 Å². The molecule has 2 heterocycles. The van der Waals surface area contributed by atoms with E-state index in [4.69, 9.17) is 4.42 Å². The number of furan rings is 1. The second kappa shape index (κ2) is 6.84. The monoisotopic (exact) mass is 310 g/mol. The van der Waals surface area contributed by atoms with E-state index in [1.54, 1.807) is 24.6 Å². The maximum absolute atomic E-state index is 12.0. The van der Waals surface area contributed by atoms with Crippen molar-refractivity contribution >= 4 is 17.2 Å². The zero-order chi connectivity index (χ0) is 15.3. The Labute approximate surface area is 126 Å². The number of thiazole rings is 1. The van der Waals surface area contributed by atoms with Gasteiger partial charge in [-0.15, -0.1) is 11.3 Å². The smallest absolute Gasteiger partial charge is 0.226 e. The fraction of sp³-hybridized carbons (Fsp3) is 0.429. The van der Waals surface area contributed by atoms with Gasteiger partial charge >= 0.3 is 0 Å². The van der Waals surface area contributed by atoms with Crippen LogP contribution in [0.5, 0.6) is 0 Å². The molecule has 6 nitrogen and oxygen atoms in total. The highest BCUT2D eigenvalue weighted by Crippen LogP contribution is 2.24. The van der Waals surface area contributed by atoms with Crippen molar-refractivity contribution < 1.29 is 19.4 Å². The Hall–Kier alpha value is -1.70. The molecule has 0 aromatic carbocycles. The molecule has 0 spiro atoms. The molecule has 0 atom stereocenters. The van der Waals surface area contributed by atoms with Crippen LogP contribution in [0.25, 0.3) is 10.8 Å². The molecule has 3 N–H and O–H groups in total. The predicted octanol–water partition coefficient (Wildman–Crippen LogP) is 1.20. The van der Waals surface area contributed by atoms with Crippen LogP contribution in [0.2, 0.25) is 0 Å². The predicted molar refractivity (Wildman–Crippen MR) is 78.9 cm³/mol. The van der Waals surface area contributed by atoms with Crippen LogP contribution < -0.4 is 5.32 Å². The molecule has 0 unspecified atom stereocenters. The Kier molecular flexibility index (Phi) is 5.11. The third-order valence-electron chi connectivity index (χ3n) is 3.31. The van der Waals surface area contributed by atoms with E-state index in [0.717, 1.165) is 0 Å². The van der Waals surface area contributed by atoms with Crippen molar-refractivity contribution in [2.45, 2.75) is 25.3 Å². The number of aromatic nitrogens is 1. The first-order valence-electron chi connectivity index (χ1n) is 6.63. The first-order valence-corrected chi connectivity index (χ1v) is 7.51. The number of rotatable bonds is 7. The Bertz CT molecular complexity index is 567. The molecule has 7 heteroatoms. The Balaban J connectivity index is 2.00. The molecule has 2 aromatic heterocycles. The van der Waals surface area contributed by atoms with E-state index in [0.29, 0.717) is 22.9 Å². The molecule has 0 aliphatic heterocycles. The molecule has 1 amide bonds. The molecule has 0 fully saturated rings. The maximum Gasteiger partial charge on any atom is 0.226 e. The summed E-state index contributed by atoms with van der Waals surface area (Å²) < 4.78 is 5.25. The Morgan fingerprint density at radius 3 is 2.81 bits per heavy atom. The molecule has 0 saturated heterocycles. The van der Waals surface area contributed by atoms with E-state index in [1.165, 1.54) is 11.3 Å². The SMILES string of the molecule is CCC(CO)(CO)NC(=O)Cc1csc(-c2ccco2)n1. The van der Waals surface area contributed by atoms with Gasteiger partial charge in [0.25, 0.3) is 0 Å². The summed E-state index contributed by atoms with van der Waals surface area (Å²) in [6.07, 6.45) is 2.11. The molecule has 114 valence electrons. The largest absolute Gasteiger partial charge is 0.462 e. The van der Waals surface area contributed by atoms with Crippen molar-refractivity contribution in [3.8, 4) is 10.8 Å². The summed E-state index contributed by atoms with van der Waals surface area (Å²) in [6.45, 7) is 1.19. The highest BCUT2D eigenvalue weighted by Gasteiger charge is 2.28. The van der Waals surface area contributed by atoms with Crippen LogP contribution in [0.4, 0.5) is 0 Å². The molecule has 0 aliphatic rings. The molecular weight excluding hydrogens is 292 g/mol. The van der Waals surface area contributed by atoms with E-state index < -0.39 is 5.54 Å². The van der Waals surface area contributed by atoms with Gasteiger partial charge in [-0.3, -0.25) is 4.79 Å². The van der Waals surface area contributed by atoms with Crippen molar-refractivity contribution in [2.75, 3.05) is 13.2 Å². The lowest BCUT2D eigenvalue weighted by atomic mass is 9.98. The number of hydrogen-bond acceptors (Lipinski definition) is 6. The van der Waals surface area contributed by atoms with Gasteiger partial charge in [0, 0.05) is 5.38 Å². The van der Waals surface area contributed by atoms with Gasteiger partial charge in [0.2, 0.25) is 5.91 Å². The number of carbonyl (C=O) groups excluding carboxylic acids is 1. The number of amides is 1. The summed E-state index contributed by atoms with van der Waals surface area (Å²) in [4.78, 5) is 16.3. The van der Waals surface area contributed by atoms with Gasteiger partial charge in [-0.25, -0.2) is 4.98 Å². The van der Waals surface area contributed by atoms with Gasteiger partial charge in [-0.2, -0.15) is 0 Å². The number of nitrogens with zero attached hydrogens (tertiary/aromatic N) is 1. The number of hydrogen-bond donors (Lipinski definition) is 3. The van der Waals surface area contributed by atoms with Gasteiger partial charge in [0.1, 0.15) is 0 Å². The maximum atomic E-state index is 12.0. The minimum atomic E-state index is -0.975. The normalized spacial score (nSPS) is 11.6. The highest BCUT2D eigenvalue weighted by molar-refractivity contribution is 7.13.